The van der Waals surface area contributed by atoms with Crippen molar-refractivity contribution in [3.63, 3.8) is 0 Å². The third-order valence-corrected chi connectivity index (χ3v) is 7.67. The van der Waals surface area contributed by atoms with E-state index >= 15 is 0 Å². The van der Waals surface area contributed by atoms with Gasteiger partial charge in [-0.25, -0.2) is 0 Å². The maximum atomic E-state index is 11.4. The highest BCUT2D eigenvalue weighted by Gasteiger charge is 2.22. The zero-order chi connectivity index (χ0) is 31.9. The minimum atomic E-state index is 0.226. The highest BCUT2D eigenvalue weighted by molar-refractivity contribution is 6.02. The maximum Gasteiger partial charge on any atom is 0.214 e. The van der Waals surface area contributed by atoms with Crippen molar-refractivity contribution in [2.45, 2.75) is 58.4 Å². The topological polar surface area (TPSA) is 97.9 Å². The largest absolute Gasteiger partial charge is 0.507 e. The molecule has 8 nitrogen and oxygen atoms in total. The van der Waals surface area contributed by atoms with Crippen LogP contribution in [0.4, 0.5) is 28.4 Å². The Morgan fingerprint density at radius 3 is 1.93 bits per heavy atom. The first-order valence-corrected chi connectivity index (χ1v) is 15.5. The number of phenolic OH excluding ortho intramolecular Hbond substituents is 1. The zero-order valence-electron chi connectivity index (χ0n) is 26.0. The van der Waals surface area contributed by atoms with Gasteiger partial charge in [-0.05, 0) is 99.0 Å². The molecule has 0 heterocycles. The second-order valence-electron chi connectivity index (χ2n) is 10.9. The highest BCUT2D eigenvalue weighted by Crippen LogP contribution is 2.29. The van der Waals surface area contributed by atoms with Crippen molar-refractivity contribution < 1.29 is 14.7 Å². The van der Waals surface area contributed by atoms with Gasteiger partial charge in [0.05, 0.1) is 17.1 Å². The Bertz CT molecular complexity index is 1550. The van der Waals surface area contributed by atoms with Crippen LogP contribution in [0, 0.1) is 0 Å². The molecule has 0 radical (unpaired) electrons. The first-order valence-electron chi connectivity index (χ1n) is 15.5. The second-order valence-corrected chi connectivity index (χ2v) is 10.9. The minimum Gasteiger partial charge on any atom is -0.507 e. The quantitative estimate of drug-likeness (QED) is 0.0992. The molecule has 232 valence electrons. The number of unbranched alkanes of at least 4 members (excludes halogenated alkanes) is 1. The second kappa shape index (κ2) is 17.3. The first kappa shape index (κ1) is 32.8. The van der Waals surface area contributed by atoms with Crippen molar-refractivity contribution in [2.24, 2.45) is 15.2 Å². The van der Waals surface area contributed by atoms with Crippen LogP contribution in [-0.2, 0) is 9.59 Å². The summed E-state index contributed by atoms with van der Waals surface area (Å²) >= 11 is 0. The third kappa shape index (κ3) is 9.69. The van der Waals surface area contributed by atoms with Crippen molar-refractivity contribution in [3.05, 3.63) is 109 Å². The van der Waals surface area contributed by atoms with Crippen molar-refractivity contribution in [1.82, 2.24) is 0 Å². The number of hydrogen-bond donors (Lipinski definition) is 1. The van der Waals surface area contributed by atoms with E-state index in [-0.39, 0.29) is 5.75 Å². The number of carbonyl (C=O) groups excluding carboxylic acids is 2. The van der Waals surface area contributed by atoms with E-state index in [1.54, 1.807) is 17.0 Å². The van der Waals surface area contributed by atoms with Crippen molar-refractivity contribution >= 4 is 47.0 Å². The van der Waals surface area contributed by atoms with Gasteiger partial charge < -0.3 is 14.9 Å². The number of aromatic hydroxyl groups is 1. The van der Waals surface area contributed by atoms with Gasteiger partial charge in [-0.3, -0.25) is 14.6 Å². The number of carbonyl (C=O) groups is 2. The lowest BCUT2D eigenvalue weighted by Crippen LogP contribution is -2.31. The maximum absolute atomic E-state index is 11.4. The number of benzene rings is 4. The lowest BCUT2D eigenvalue weighted by atomic mass is 10.1. The summed E-state index contributed by atoms with van der Waals surface area (Å²) in [5.41, 5.74) is 5.67. The molecular formula is C37H41N5O3. The van der Waals surface area contributed by atoms with E-state index in [1.165, 1.54) is 12.8 Å². The summed E-state index contributed by atoms with van der Waals surface area (Å²) in [7, 11) is 0. The van der Waals surface area contributed by atoms with Gasteiger partial charge in [-0.1, -0.05) is 56.5 Å². The molecule has 4 aromatic carbocycles. The number of phenols is 1. The Labute approximate surface area is 265 Å². The van der Waals surface area contributed by atoms with Crippen LogP contribution in [-0.4, -0.2) is 36.2 Å². The molecule has 45 heavy (non-hydrogen) atoms. The molecular weight excluding hydrogens is 562 g/mol. The number of azo groups is 1. The van der Waals surface area contributed by atoms with Crippen molar-refractivity contribution in [3.8, 4) is 5.75 Å². The van der Waals surface area contributed by atoms with Gasteiger partial charge >= 0.3 is 0 Å². The molecule has 5 rings (SSSR count). The Morgan fingerprint density at radius 2 is 1.33 bits per heavy atom. The smallest absolute Gasteiger partial charge is 0.214 e. The van der Waals surface area contributed by atoms with Gasteiger partial charge in [0.1, 0.15) is 5.75 Å². The molecule has 1 aliphatic rings. The summed E-state index contributed by atoms with van der Waals surface area (Å²) in [5.74, 6) is 0.226. The van der Waals surface area contributed by atoms with E-state index in [2.05, 4.69) is 22.1 Å². The number of nitrogens with zero attached hydrogens (tertiary/aromatic N) is 5. The van der Waals surface area contributed by atoms with Gasteiger partial charge in [0, 0.05) is 35.2 Å². The highest BCUT2D eigenvalue weighted by atomic mass is 16.3. The molecule has 4 aromatic rings. The number of rotatable bonds is 12. The predicted octanol–water partition coefficient (Wildman–Crippen LogP) is 9.30. The van der Waals surface area contributed by atoms with Crippen molar-refractivity contribution in [1.29, 1.82) is 0 Å². The van der Waals surface area contributed by atoms with E-state index in [9.17, 15) is 14.7 Å². The summed E-state index contributed by atoms with van der Waals surface area (Å²) in [4.78, 5) is 30.6. The molecule has 0 saturated heterocycles. The van der Waals surface area contributed by atoms with Gasteiger partial charge in [-0.15, -0.1) is 0 Å². The van der Waals surface area contributed by atoms with Crippen LogP contribution in [0.25, 0.3) is 0 Å². The zero-order valence-corrected chi connectivity index (χ0v) is 26.0. The molecule has 8 heteroatoms. The fraction of sp³-hybridized carbons (Fsp3) is 0.270. The van der Waals surface area contributed by atoms with Crippen LogP contribution in [0.1, 0.15) is 57.9 Å². The molecule has 0 unspecified atom stereocenters. The minimum absolute atomic E-state index is 0.226. The van der Waals surface area contributed by atoms with Crippen LogP contribution in [0.3, 0.4) is 0 Å². The molecule has 2 amide bonds. The Balaban J connectivity index is 0.000000207. The molecule has 0 bridgehead atoms. The molecule has 0 aliphatic heterocycles. The molecule has 1 N–H and O–H groups in total. The average Bonchev–Trinajstić information content (AvgIpc) is 3.61. The predicted molar refractivity (Wildman–Crippen MR) is 183 cm³/mol. The van der Waals surface area contributed by atoms with Crippen LogP contribution in [0.2, 0.25) is 0 Å². The molecule has 1 fully saturated rings. The Hall–Kier alpha value is -5.11. The van der Waals surface area contributed by atoms with Crippen LogP contribution in [0.15, 0.2) is 118 Å². The fourth-order valence-electron chi connectivity index (χ4n) is 5.16. The van der Waals surface area contributed by atoms with Gasteiger partial charge in [-0.2, -0.15) is 10.2 Å². The lowest BCUT2D eigenvalue weighted by Gasteiger charge is -2.24. The summed E-state index contributed by atoms with van der Waals surface area (Å²) < 4.78 is 0. The third-order valence-electron chi connectivity index (χ3n) is 7.67. The van der Waals surface area contributed by atoms with E-state index in [0.717, 1.165) is 84.8 Å². The monoisotopic (exact) mass is 603 g/mol. The van der Waals surface area contributed by atoms with Gasteiger partial charge in [0.15, 0.2) is 0 Å². The fourth-order valence-corrected chi connectivity index (χ4v) is 5.16. The standard InChI is InChI=1S/C20H22N2O2.C17H19N3O/c1-15(19-8-4-5-9-20(19)24)21-16-10-12-18(13-11-16)22(14-23)17-6-2-3-7-17;1-2-3-13-20(14-21)17-11-9-16(10-12-17)19-18-15-7-5-4-6-8-15/h4-5,8-14,17,24H,2-3,6-7H2,1H3;4-12,14H,2-3,13H2,1H3. The van der Waals surface area contributed by atoms with Crippen LogP contribution < -0.4 is 9.80 Å². The molecule has 1 aliphatic carbocycles. The summed E-state index contributed by atoms with van der Waals surface area (Å²) in [6.07, 6.45) is 8.39. The lowest BCUT2D eigenvalue weighted by molar-refractivity contribution is -0.108. The number of aliphatic imine (C=N–C) groups is 1. The summed E-state index contributed by atoms with van der Waals surface area (Å²) in [5, 5.41) is 18.2. The van der Waals surface area contributed by atoms with E-state index in [1.807, 2.05) is 103 Å². The van der Waals surface area contributed by atoms with E-state index < -0.39 is 0 Å². The number of hydrogen-bond acceptors (Lipinski definition) is 6. The molecule has 0 aromatic heterocycles. The normalized spacial score (nSPS) is 13.2. The Kier molecular flexibility index (Phi) is 12.6. The number of para-hydroxylation sites is 1. The molecule has 0 spiro atoms. The SMILES string of the molecule is CC(=Nc1ccc(N(C=O)C2CCCC2)cc1)c1ccccc1O.CCCCN(C=O)c1ccc(N=Nc2ccccc2)cc1. The van der Waals surface area contributed by atoms with E-state index in [4.69, 9.17) is 0 Å². The number of amides is 2. The van der Waals surface area contributed by atoms with E-state index in [0.29, 0.717) is 6.04 Å². The van der Waals surface area contributed by atoms with Crippen molar-refractivity contribution in [2.75, 3.05) is 16.3 Å². The first-order chi connectivity index (χ1) is 22.0. The summed E-state index contributed by atoms with van der Waals surface area (Å²) in [6, 6.07) is 32.3. The number of anilines is 2. The molecule has 0 atom stereocenters. The van der Waals surface area contributed by atoms with Gasteiger partial charge in [0.2, 0.25) is 12.8 Å². The van der Waals surface area contributed by atoms with Crippen LogP contribution in [0.5, 0.6) is 5.75 Å². The van der Waals surface area contributed by atoms with Crippen LogP contribution >= 0.6 is 0 Å². The molecule has 1 saturated carbocycles. The Morgan fingerprint density at radius 1 is 0.756 bits per heavy atom. The average molecular weight is 604 g/mol. The van der Waals surface area contributed by atoms with Gasteiger partial charge in [0.25, 0.3) is 0 Å². The summed E-state index contributed by atoms with van der Waals surface area (Å²) in [6.45, 7) is 4.72.